The molecule has 0 radical (unpaired) electrons. The molecule has 23 heavy (non-hydrogen) atoms. The minimum Gasteiger partial charge on any atom is -0.361 e. The summed E-state index contributed by atoms with van der Waals surface area (Å²) in [5, 5.41) is 0. The summed E-state index contributed by atoms with van der Waals surface area (Å²) >= 11 is 0. The Kier molecular flexibility index (Phi) is 11.6. The van der Waals surface area contributed by atoms with E-state index in [0.717, 1.165) is 0 Å². The standard InChI is InChI=1S/C22H42O/c1-8-12-14-15-16-17-19-20(18-13-9-2)22(10-3,11-4)23-21(5,6)7/h10-11,20H,3-4,8-9,12-19H2,1-2,5-7H3. The van der Waals surface area contributed by atoms with Crippen LogP contribution in [0, 0.1) is 5.92 Å². The van der Waals surface area contributed by atoms with Crippen molar-refractivity contribution in [3.8, 4) is 0 Å². The minimum absolute atomic E-state index is 0.187. The van der Waals surface area contributed by atoms with E-state index in [4.69, 9.17) is 4.74 Å². The number of hydrogen-bond acceptors (Lipinski definition) is 1. The van der Waals surface area contributed by atoms with Crippen LogP contribution in [0.2, 0.25) is 0 Å². The SMILES string of the molecule is C=CC(C=C)(OC(C)(C)C)C(CCCC)CCCCCCCC. The Morgan fingerprint density at radius 3 is 1.74 bits per heavy atom. The molecule has 0 saturated carbocycles. The summed E-state index contributed by atoms with van der Waals surface area (Å²) in [5.74, 6) is 0.489. The molecule has 0 spiro atoms. The van der Waals surface area contributed by atoms with Crippen LogP contribution < -0.4 is 0 Å². The van der Waals surface area contributed by atoms with E-state index in [9.17, 15) is 0 Å². The second-order valence-corrected chi connectivity index (χ2v) is 7.87. The smallest absolute Gasteiger partial charge is 0.107 e. The second kappa shape index (κ2) is 11.9. The number of hydrogen-bond donors (Lipinski definition) is 0. The highest BCUT2D eigenvalue weighted by atomic mass is 16.5. The molecule has 0 aromatic rings. The lowest BCUT2D eigenvalue weighted by Crippen LogP contribution is -2.43. The molecule has 1 nitrogen and oxygen atoms in total. The van der Waals surface area contributed by atoms with Crippen molar-refractivity contribution in [3.63, 3.8) is 0 Å². The van der Waals surface area contributed by atoms with E-state index in [1.807, 2.05) is 12.2 Å². The predicted molar refractivity (Wildman–Crippen MR) is 105 cm³/mol. The molecule has 0 aromatic carbocycles. The Bertz CT molecular complexity index is 302. The van der Waals surface area contributed by atoms with Crippen molar-refractivity contribution in [2.24, 2.45) is 5.92 Å². The molecule has 0 aromatic heterocycles. The third kappa shape index (κ3) is 9.35. The average molecular weight is 323 g/mol. The van der Waals surface area contributed by atoms with Gasteiger partial charge in [-0.05, 0) is 39.5 Å². The highest BCUT2D eigenvalue weighted by Crippen LogP contribution is 2.36. The zero-order chi connectivity index (χ0) is 17.8. The monoisotopic (exact) mass is 322 g/mol. The molecule has 0 bridgehead atoms. The summed E-state index contributed by atoms with van der Waals surface area (Å²) < 4.78 is 6.44. The zero-order valence-corrected chi connectivity index (χ0v) is 16.6. The molecule has 0 fully saturated rings. The van der Waals surface area contributed by atoms with Crippen molar-refractivity contribution in [1.29, 1.82) is 0 Å². The lowest BCUT2D eigenvalue weighted by atomic mass is 9.79. The largest absolute Gasteiger partial charge is 0.361 e. The average Bonchev–Trinajstić information content (AvgIpc) is 2.50. The Hall–Kier alpha value is -0.560. The van der Waals surface area contributed by atoms with Crippen LogP contribution in [0.3, 0.4) is 0 Å². The maximum atomic E-state index is 6.44. The van der Waals surface area contributed by atoms with Crippen molar-refractivity contribution >= 4 is 0 Å². The molecule has 1 unspecified atom stereocenters. The molecule has 0 aliphatic heterocycles. The molecule has 1 heteroatoms. The molecular formula is C22H42O. The van der Waals surface area contributed by atoms with Crippen molar-refractivity contribution in [3.05, 3.63) is 25.3 Å². The fourth-order valence-corrected chi connectivity index (χ4v) is 3.33. The Morgan fingerprint density at radius 1 is 0.783 bits per heavy atom. The van der Waals surface area contributed by atoms with Crippen molar-refractivity contribution < 1.29 is 4.74 Å². The molecule has 0 saturated heterocycles. The zero-order valence-electron chi connectivity index (χ0n) is 16.6. The van der Waals surface area contributed by atoms with Crippen LogP contribution in [0.1, 0.15) is 98.8 Å². The summed E-state index contributed by atoms with van der Waals surface area (Å²) in [7, 11) is 0. The first-order chi connectivity index (χ1) is 10.8. The van der Waals surface area contributed by atoms with Crippen LogP contribution in [0.4, 0.5) is 0 Å². The van der Waals surface area contributed by atoms with Crippen LogP contribution in [0.15, 0.2) is 25.3 Å². The Labute approximate surface area is 146 Å². The first-order valence-electron chi connectivity index (χ1n) is 9.82. The van der Waals surface area contributed by atoms with Gasteiger partial charge in [-0.15, -0.1) is 0 Å². The highest BCUT2D eigenvalue weighted by molar-refractivity contribution is 5.14. The Morgan fingerprint density at radius 2 is 1.26 bits per heavy atom. The third-order valence-corrected chi connectivity index (χ3v) is 4.57. The van der Waals surface area contributed by atoms with Gasteiger partial charge < -0.3 is 4.74 Å². The molecule has 0 heterocycles. The van der Waals surface area contributed by atoms with Gasteiger partial charge in [0.15, 0.2) is 0 Å². The molecule has 0 amide bonds. The number of ether oxygens (including phenoxy) is 1. The Balaban J connectivity index is 4.79. The summed E-state index contributed by atoms with van der Waals surface area (Å²) in [5.41, 5.74) is -0.579. The van der Waals surface area contributed by atoms with E-state index in [1.54, 1.807) is 0 Å². The number of unbranched alkanes of at least 4 members (excludes halogenated alkanes) is 6. The molecule has 136 valence electrons. The maximum Gasteiger partial charge on any atom is 0.107 e. The quantitative estimate of drug-likeness (QED) is 0.238. The predicted octanol–water partition coefficient (Wildman–Crippen LogP) is 7.47. The van der Waals surface area contributed by atoms with Crippen LogP contribution >= 0.6 is 0 Å². The van der Waals surface area contributed by atoms with Gasteiger partial charge >= 0.3 is 0 Å². The lowest BCUT2D eigenvalue weighted by molar-refractivity contribution is -0.110. The van der Waals surface area contributed by atoms with Gasteiger partial charge in [0.05, 0.1) is 5.60 Å². The summed E-state index contributed by atoms with van der Waals surface area (Å²) in [6.45, 7) is 19.1. The van der Waals surface area contributed by atoms with E-state index in [2.05, 4.69) is 47.8 Å². The van der Waals surface area contributed by atoms with Crippen LogP contribution in [-0.2, 0) is 4.74 Å². The van der Waals surface area contributed by atoms with E-state index in [-0.39, 0.29) is 5.60 Å². The van der Waals surface area contributed by atoms with Crippen LogP contribution in [0.25, 0.3) is 0 Å². The van der Waals surface area contributed by atoms with E-state index in [0.29, 0.717) is 5.92 Å². The molecular weight excluding hydrogens is 280 g/mol. The normalized spacial score (nSPS) is 13.8. The van der Waals surface area contributed by atoms with E-state index < -0.39 is 5.60 Å². The third-order valence-electron chi connectivity index (χ3n) is 4.57. The van der Waals surface area contributed by atoms with Gasteiger partial charge in [-0.2, -0.15) is 0 Å². The fraction of sp³-hybridized carbons (Fsp3) is 0.818. The van der Waals surface area contributed by atoms with Gasteiger partial charge in [0.2, 0.25) is 0 Å². The van der Waals surface area contributed by atoms with Gasteiger partial charge in [-0.1, -0.05) is 90.5 Å². The van der Waals surface area contributed by atoms with Crippen molar-refractivity contribution in [1.82, 2.24) is 0 Å². The molecule has 0 aliphatic rings. The maximum absolute atomic E-state index is 6.44. The first-order valence-corrected chi connectivity index (χ1v) is 9.82. The summed E-state index contributed by atoms with van der Waals surface area (Å²) in [6.07, 6.45) is 16.9. The van der Waals surface area contributed by atoms with Gasteiger partial charge in [0.25, 0.3) is 0 Å². The van der Waals surface area contributed by atoms with Gasteiger partial charge in [0.1, 0.15) is 5.60 Å². The second-order valence-electron chi connectivity index (χ2n) is 7.87. The number of rotatable bonds is 14. The van der Waals surface area contributed by atoms with Crippen LogP contribution in [0.5, 0.6) is 0 Å². The summed E-state index contributed by atoms with van der Waals surface area (Å²) in [6, 6.07) is 0. The molecule has 0 N–H and O–H groups in total. The minimum atomic E-state index is -0.392. The topological polar surface area (TPSA) is 9.23 Å². The molecule has 1 atom stereocenters. The van der Waals surface area contributed by atoms with Crippen molar-refractivity contribution in [2.75, 3.05) is 0 Å². The van der Waals surface area contributed by atoms with Crippen molar-refractivity contribution in [2.45, 2.75) is 110 Å². The highest BCUT2D eigenvalue weighted by Gasteiger charge is 2.37. The first kappa shape index (κ1) is 22.4. The lowest BCUT2D eigenvalue weighted by Gasteiger charge is -2.41. The summed E-state index contributed by atoms with van der Waals surface area (Å²) in [4.78, 5) is 0. The molecule has 0 rings (SSSR count). The molecule has 0 aliphatic carbocycles. The van der Waals surface area contributed by atoms with E-state index in [1.165, 1.54) is 64.2 Å². The van der Waals surface area contributed by atoms with Gasteiger partial charge in [-0.3, -0.25) is 0 Å². The van der Waals surface area contributed by atoms with E-state index >= 15 is 0 Å². The fourth-order valence-electron chi connectivity index (χ4n) is 3.33. The van der Waals surface area contributed by atoms with Gasteiger partial charge in [-0.25, -0.2) is 0 Å². The van der Waals surface area contributed by atoms with Gasteiger partial charge in [0, 0.05) is 0 Å². The van der Waals surface area contributed by atoms with Crippen LogP contribution in [-0.4, -0.2) is 11.2 Å².